The summed E-state index contributed by atoms with van der Waals surface area (Å²) in [5.41, 5.74) is 1.95. The molecule has 0 heterocycles. The summed E-state index contributed by atoms with van der Waals surface area (Å²) in [5, 5.41) is 9.83. The van der Waals surface area contributed by atoms with Gasteiger partial charge in [0.25, 0.3) is 0 Å². The van der Waals surface area contributed by atoms with Crippen LogP contribution in [0.4, 0.5) is 0 Å². The summed E-state index contributed by atoms with van der Waals surface area (Å²) < 4.78 is 0. The number of aliphatic hydroxyl groups excluding tert-OH is 1. The van der Waals surface area contributed by atoms with Crippen molar-refractivity contribution in [1.82, 2.24) is 0 Å². The molecule has 1 aromatic carbocycles. The molecule has 0 spiro atoms. The summed E-state index contributed by atoms with van der Waals surface area (Å²) in [6.45, 7) is 5.24. The highest BCUT2D eigenvalue weighted by Gasteiger charge is 2.19. The lowest BCUT2D eigenvalue weighted by Crippen LogP contribution is -2.16. The molecular weight excluding hydrogens is 176 g/mol. The minimum atomic E-state index is -0.687. The maximum absolute atomic E-state index is 11.1. The van der Waals surface area contributed by atoms with Crippen LogP contribution in [0.25, 0.3) is 0 Å². The highest BCUT2D eigenvalue weighted by atomic mass is 16.3. The Morgan fingerprint density at radius 1 is 1.29 bits per heavy atom. The van der Waals surface area contributed by atoms with Gasteiger partial charge in [0, 0.05) is 5.92 Å². The quantitative estimate of drug-likeness (QED) is 0.797. The third-order valence-electron chi connectivity index (χ3n) is 2.53. The van der Waals surface area contributed by atoms with Gasteiger partial charge in [-0.15, -0.1) is 0 Å². The molecule has 2 nitrogen and oxygen atoms in total. The molecule has 14 heavy (non-hydrogen) atoms. The minimum absolute atomic E-state index is 0.0121. The first-order valence-electron chi connectivity index (χ1n) is 4.77. The molecule has 76 valence electrons. The highest BCUT2D eigenvalue weighted by molar-refractivity contribution is 5.78. The van der Waals surface area contributed by atoms with E-state index in [1.165, 1.54) is 6.92 Å². The predicted molar refractivity (Wildman–Crippen MR) is 56.0 cm³/mol. The predicted octanol–water partition coefficient (Wildman–Crippen LogP) is 2.25. The fourth-order valence-electron chi connectivity index (χ4n) is 1.27. The fraction of sp³-hybridized carbons (Fsp3) is 0.417. The van der Waals surface area contributed by atoms with Crippen LogP contribution in [0.1, 0.15) is 31.1 Å². The molecule has 0 radical (unpaired) electrons. The molecule has 0 aromatic heterocycles. The number of carbonyl (C=O) groups is 1. The average molecular weight is 192 g/mol. The topological polar surface area (TPSA) is 37.3 Å². The van der Waals surface area contributed by atoms with Crippen LogP contribution in [0.3, 0.4) is 0 Å². The molecule has 1 rings (SSSR count). The Balaban J connectivity index is 2.84. The van der Waals surface area contributed by atoms with Gasteiger partial charge >= 0.3 is 0 Å². The molecule has 2 atom stereocenters. The molecule has 0 aliphatic carbocycles. The second-order valence-electron chi connectivity index (χ2n) is 3.75. The maximum atomic E-state index is 11.1. The van der Waals surface area contributed by atoms with Gasteiger partial charge in [-0.1, -0.05) is 36.8 Å². The van der Waals surface area contributed by atoms with Gasteiger partial charge in [0.15, 0.2) is 0 Å². The fourth-order valence-corrected chi connectivity index (χ4v) is 1.27. The Morgan fingerprint density at radius 2 is 1.79 bits per heavy atom. The zero-order chi connectivity index (χ0) is 10.7. The lowest BCUT2D eigenvalue weighted by Gasteiger charge is -2.16. The van der Waals surface area contributed by atoms with Crippen LogP contribution in [0, 0.1) is 12.8 Å². The molecular formula is C12H16O2. The van der Waals surface area contributed by atoms with Crippen LogP contribution in [-0.4, -0.2) is 10.9 Å². The van der Waals surface area contributed by atoms with E-state index in [1.807, 2.05) is 31.2 Å². The van der Waals surface area contributed by atoms with Gasteiger partial charge in [-0.05, 0) is 19.4 Å². The second kappa shape index (κ2) is 4.38. The van der Waals surface area contributed by atoms with Crippen LogP contribution < -0.4 is 0 Å². The molecule has 0 fully saturated rings. The van der Waals surface area contributed by atoms with Crippen molar-refractivity contribution in [1.29, 1.82) is 0 Å². The number of aliphatic hydroxyl groups is 1. The van der Waals surface area contributed by atoms with Crippen molar-refractivity contribution in [3.63, 3.8) is 0 Å². The zero-order valence-corrected chi connectivity index (χ0v) is 8.82. The number of aryl methyl sites for hydroxylation is 1. The van der Waals surface area contributed by atoms with Crippen LogP contribution in [0.15, 0.2) is 24.3 Å². The Hall–Kier alpha value is -1.15. The smallest absolute Gasteiger partial charge is 0.135 e. The Kier molecular flexibility index (Phi) is 3.42. The van der Waals surface area contributed by atoms with Crippen LogP contribution >= 0.6 is 0 Å². The molecule has 1 N–H and O–H groups in total. The molecule has 0 saturated heterocycles. The molecule has 0 aliphatic rings. The van der Waals surface area contributed by atoms with Crippen LogP contribution in [0.2, 0.25) is 0 Å². The van der Waals surface area contributed by atoms with Gasteiger partial charge < -0.3 is 5.11 Å². The van der Waals surface area contributed by atoms with E-state index in [2.05, 4.69) is 0 Å². The molecule has 1 aromatic rings. The first-order chi connectivity index (χ1) is 6.52. The average Bonchev–Trinajstić information content (AvgIpc) is 2.16. The van der Waals surface area contributed by atoms with Crippen molar-refractivity contribution in [2.75, 3.05) is 0 Å². The van der Waals surface area contributed by atoms with E-state index in [0.29, 0.717) is 0 Å². The number of rotatable bonds is 3. The van der Waals surface area contributed by atoms with Crippen molar-refractivity contribution in [3.8, 4) is 0 Å². The zero-order valence-electron chi connectivity index (χ0n) is 8.82. The van der Waals surface area contributed by atoms with E-state index >= 15 is 0 Å². The Morgan fingerprint density at radius 3 is 2.21 bits per heavy atom. The van der Waals surface area contributed by atoms with Crippen molar-refractivity contribution in [2.24, 2.45) is 5.92 Å². The lowest BCUT2D eigenvalue weighted by atomic mass is 9.94. The lowest BCUT2D eigenvalue weighted by molar-refractivity contribution is -0.123. The van der Waals surface area contributed by atoms with Crippen molar-refractivity contribution < 1.29 is 9.90 Å². The summed E-state index contributed by atoms with van der Waals surface area (Å²) in [6, 6.07) is 7.59. The van der Waals surface area contributed by atoms with Crippen LogP contribution in [0.5, 0.6) is 0 Å². The van der Waals surface area contributed by atoms with Gasteiger partial charge in [-0.2, -0.15) is 0 Å². The molecule has 0 saturated carbocycles. The summed E-state index contributed by atoms with van der Waals surface area (Å²) in [4.78, 5) is 11.1. The minimum Gasteiger partial charge on any atom is -0.388 e. The van der Waals surface area contributed by atoms with E-state index in [-0.39, 0.29) is 11.7 Å². The summed E-state index contributed by atoms with van der Waals surface area (Å²) in [6.07, 6.45) is -0.687. The van der Waals surface area contributed by atoms with Crippen molar-refractivity contribution >= 4 is 5.78 Å². The summed E-state index contributed by atoms with van der Waals surface area (Å²) >= 11 is 0. The molecule has 0 amide bonds. The molecule has 0 bridgehead atoms. The summed E-state index contributed by atoms with van der Waals surface area (Å²) in [7, 11) is 0. The van der Waals surface area contributed by atoms with Crippen molar-refractivity contribution in [3.05, 3.63) is 35.4 Å². The second-order valence-corrected chi connectivity index (χ2v) is 3.75. The number of ketones is 1. The highest BCUT2D eigenvalue weighted by Crippen LogP contribution is 2.22. The molecule has 2 heteroatoms. The normalized spacial score (nSPS) is 14.9. The number of hydrogen-bond acceptors (Lipinski definition) is 2. The van der Waals surface area contributed by atoms with Gasteiger partial charge in [0.1, 0.15) is 5.78 Å². The van der Waals surface area contributed by atoms with Gasteiger partial charge in [-0.25, -0.2) is 0 Å². The first kappa shape index (κ1) is 10.9. The third kappa shape index (κ3) is 2.42. The number of benzene rings is 1. The van der Waals surface area contributed by atoms with Gasteiger partial charge in [0.2, 0.25) is 0 Å². The van der Waals surface area contributed by atoms with E-state index in [0.717, 1.165) is 11.1 Å². The van der Waals surface area contributed by atoms with Crippen molar-refractivity contribution in [2.45, 2.75) is 26.9 Å². The first-order valence-corrected chi connectivity index (χ1v) is 4.77. The maximum Gasteiger partial charge on any atom is 0.135 e. The Labute approximate surface area is 84.6 Å². The van der Waals surface area contributed by atoms with E-state index < -0.39 is 6.10 Å². The third-order valence-corrected chi connectivity index (χ3v) is 2.53. The largest absolute Gasteiger partial charge is 0.388 e. The Bertz CT molecular complexity index is 314. The number of hydrogen-bond donors (Lipinski definition) is 1. The monoisotopic (exact) mass is 192 g/mol. The number of Topliss-reactive ketones (excluding diaryl/α,β-unsaturated/α-hetero) is 1. The van der Waals surface area contributed by atoms with Gasteiger partial charge in [0.05, 0.1) is 6.10 Å². The molecule has 0 aliphatic heterocycles. The van der Waals surface area contributed by atoms with Gasteiger partial charge in [-0.3, -0.25) is 4.79 Å². The van der Waals surface area contributed by atoms with Crippen LogP contribution in [-0.2, 0) is 4.79 Å². The van der Waals surface area contributed by atoms with E-state index in [4.69, 9.17) is 0 Å². The van der Waals surface area contributed by atoms with E-state index in [9.17, 15) is 9.90 Å². The summed E-state index contributed by atoms with van der Waals surface area (Å²) in [5.74, 6) is -0.323. The number of carbonyl (C=O) groups excluding carboxylic acids is 1. The SMILES string of the molecule is CC(=O)[C@H](C)[C@H](O)c1ccc(C)cc1. The standard InChI is InChI=1S/C12H16O2/c1-8-4-6-11(7-5-8)12(14)9(2)10(3)13/h4-7,9,12,14H,1-3H3/t9-,12-/m0/s1. The molecule has 0 unspecified atom stereocenters. The van der Waals surface area contributed by atoms with E-state index in [1.54, 1.807) is 6.92 Å².